The summed E-state index contributed by atoms with van der Waals surface area (Å²) in [7, 11) is 0. The summed E-state index contributed by atoms with van der Waals surface area (Å²) in [6, 6.07) is 1.18. The van der Waals surface area contributed by atoms with E-state index in [1.807, 2.05) is 0 Å². The second kappa shape index (κ2) is 3.30. The maximum absolute atomic E-state index is 13.2. The third-order valence-corrected chi connectivity index (χ3v) is 1.84. The van der Waals surface area contributed by atoms with Crippen LogP contribution in [-0.4, -0.2) is 9.78 Å². The van der Waals surface area contributed by atoms with Crippen LogP contribution in [0.15, 0.2) is 24.5 Å². The first kappa shape index (κ1) is 9.57. The number of rotatable bonds is 1. The van der Waals surface area contributed by atoms with Crippen molar-refractivity contribution in [3.63, 3.8) is 0 Å². The van der Waals surface area contributed by atoms with E-state index in [4.69, 9.17) is 5.73 Å². The molecule has 3 nitrogen and oxygen atoms in total. The van der Waals surface area contributed by atoms with Crippen molar-refractivity contribution in [1.82, 2.24) is 9.78 Å². The van der Waals surface area contributed by atoms with Crippen molar-refractivity contribution in [1.29, 1.82) is 0 Å². The SMILES string of the molecule is Nc1cnn(-c2cc(F)c(F)cc2F)c1. The molecule has 0 saturated heterocycles. The average Bonchev–Trinajstić information content (AvgIpc) is 2.58. The molecule has 0 aliphatic rings. The van der Waals surface area contributed by atoms with E-state index in [2.05, 4.69) is 5.10 Å². The van der Waals surface area contributed by atoms with Crippen molar-refractivity contribution in [2.24, 2.45) is 0 Å². The number of hydrogen-bond acceptors (Lipinski definition) is 2. The fourth-order valence-corrected chi connectivity index (χ4v) is 1.16. The molecule has 2 rings (SSSR count). The molecule has 1 aromatic heterocycles. The van der Waals surface area contributed by atoms with Crippen molar-refractivity contribution in [2.75, 3.05) is 5.73 Å². The molecule has 0 saturated carbocycles. The van der Waals surface area contributed by atoms with Gasteiger partial charge in [0.15, 0.2) is 17.5 Å². The van der Waals surface area contributed by atoms with E-state index in [0.717, 1.165) is 10.7 Å². The Morgan fingerprint density at radius 3 is 2.33 bits per heavy atom. The number of nitrogen functional groups attached to an aromatic ring is 1. The molecule has 1 aromatic carbocycles. The maximum Gasteiger partial charge on any atom is 0.161 e. The topological polar surface area (TPSA) is 43.8 Å². The summed E-state index contributed by atoms with van der Waals surface area (Å²) in [6.07, 6.45) is 2.58. The molecule has 78 valence electrons. The molecular formula is C9H6F3N3. The molecule has 2 aromatic rings. The first-order valence-corrected chi connectivity index (χ1v) is 4.03. The van der Waals surface area contributed by atoms with Crippen molar-refractivity contribution in [2.45, 2.75) is 0 Å². The minimum Gasteiger partial charge on any atom is -0.396 e. The quantitative estimate of drug-likeness (QED) is 0.735. The highest BCUT2D eigenvalue weighted by Gasteiger charge is 2.11. The van der Waals surface area contributed by atoms with Gasteiger partial charge >= 0.3 is 0 Å². The largest absolute Gasteiger partial charge is 0.396 e. The van der Waals surface area contributed by atoms with Crippen molar-refractivity contribution < 1.29 is 13.2 Å². The van der Waals surface area contributed by atoms with Crippen molar-refractivity contribution in [3.8, 4) is 5.69 Å². The van der Waals surface area contributed by atoms with Crippen LogP contribution < -0.4 is 5.73 Å². The summed E-state index contributed by atoms with van der Waals surface area (Å²) in [5.41, 5.74) is 5.48. The Labute approximate surface area is 82.9 Å². The molecule has 0 radical (unpaired) electrons. The molecule has 0 fully saturated rings. The minimum atomic E-state index is -1.24. The Morgan fingerprint density at radius 1 is 1.07 bits per heavy atom. The van der Waals surface area contributed by atoms with Gasteiger partial charge in [0.2, 0.25) is 0 Å². The highest BCUT2D eigenvalue weighted by atomic mass is 19.2. The van der Waals surface area contributed by atoms with E-state index in [-0.39, 0.29) is 5.69 Å². The van der Waals surface area contributed by atoms with Gasteiger partial charge in [0.1, 0.15) is 5.69 Å². The first-order chi connectivity index (χ1) is 7.08. The third-order valence-electron chi connectivity index (χ3n) is 1.84. The second-order valence-corrected chi connectivity index (χ2v) is 2.94. The van der Waals surface area contributed by atoms with E-state index >= 15 is 0 Å². The number of aromatic nitrogens is 2. The van der Waals surface area contributed by atoms with Crippen LogP contribution in [0.25, 0.3) is 5.69 Å². The molecule has 1 heterocycles. The van der Waals surface area contributed by atoms with E-state index < -0.39 is 17.5 Å². The molecule has 0 amide bonds. The van der Waals surface area contributed by atoms with Gasteiger partial charge in [0.25, 0.3) is 0 Å². The lowest BCUT2D eigenvalue weighted by atomic mass is 10.3. The number of halogens is 3. The Hall–Kier alpha value is -1.98. The Balaban J connectivity index is 2.58. The fourth-order valence-electron chi connectivity index (χ4n) is 1.16. The molecule has 2 N–H and O–H groups in total. The minimum absolute atomic E-state index is 0.189. The zero-order valence-electron chi connectivity index (χ0n) is 7.42. The summed E-state index contributed by atoms with van der Waals surface area (Å²) in [4.78, 5) is 0. The number of anilines is 1. The predicted molar refractivity (Wildman–Crippen MR) is 47.9 cm³/mol. The lowest BCUT2D eigenvalue weighted by Crippen LogP contribution is -2.00. The monoisotopic (exact) mass is 213 g/mol. The smallest absolute Gasteiger partial charge is 0.161 e. The summed E-state index contributed by atoms with van der Waals surface area (Å²) in [5, 5.41) is 3.68. The zero-order valence-corrected chi connectivity index (χ0v) is 7.42. The molecule has 6 heteroatoms. The number of hydrogen-bond donors (Lipinski definition) is 1. The third kappa shape index (κ3) is 1.65. The molecule has 0 aliphatic heterocycles. The predicted octanol–water partition coefficient (Wildman–Crippen LogP) is 1.87. The number of nitrogens with zero attached hydrogens (tertiary/aromatic N) is 2. The van der Waals surface area contributed by atoms with Gasteiger partial charge in [-0.3, -0.25) is 0 Å². The molecule has 0 spiro atoms. The number of nitrogens with two attached hydrogens (primary N) is 1. The number of benzene rings is 1. The van der Waals surface area contributed by atoms with E-state index in [1.54, 1.807) is 0 Å². The van der Waals surface area contributed by atoms with Crippen LogP contribution in [0.5, 0.6) is 0 Å². The zero-order chi connectivity index (χ0) is 11.0. The van der Waals surface area contributed by atoms with E-state index in [1.165, 1.54) is 12.4 Å². The van der Waals surface area contributed by atoms with Crippen LogP contribution in [0.4, 0.5) is 18.9 Å². The Kier molecular flexibility index (Phi) is 2.11. The first-order valence-electron chi connectivity index (χ1n) is 4.03. The second-order valence-electron chi connectivity index (χ2n) is 2.94. The van der Waals surface area contributed by atoms with E-state index in [0.29, 0.717) is 11.8 Å². The molecule has 0 aliphatic carbocycles. The highest BCUT2D eigenvalue weighted by Crippen LogP contribution is 2.17. The Morgan fingerprint density at radius 2 is 1.73 bits per heavy atom. The van der Waals surface area contributed by atoms with Gasteiger partial charge in [-0.2, -0.15) is 5.10 Å². The summed E-state index contributed by atoms with van der Waals surface area (Å²) in [5.74, 6) is -3.28. The fraction of sp³-hybridized carbons (Fsp3) is 0. The van der Waals surface area contributed by atoms with Crippen LogP contribution in [0.3, 0.4) is 0 Å². The molecular weight excluding hydrogens is 207 g/mol. The lowest BCUT2D eigenvalue weighted by Gasteiger charge is -2.03. The lowest BCUT2D eigenvalue weighted by molar-refractivity contribution is 0.491. The van der Waals surface area contributed by atoms with Gasteiger partial charge in [-0.1, -0.05) is 0 Å². The highest BCUT2D eigenvalue weighted by molar-refractivity contribution is 5.39. The van der Waals surface area contributed by atoms with Gasteiger partial charge in [0, 0.05) is 12.1 Å². The van der Waals surface area contributed by atoms with E-state index in [9.17, 15) is 13.2 Å². The summed E-state index contributed by atoms with van der Waals surface area (Å²) >= 11 is 0. The van der Waals surface area contributed by atoms with Gasteiger partial charge < -0.3 is 5.73 Å². The van der Waals surface area contributed by atoms with Crippen LogP contribution in [-0.2, 0) is 0 Å². The Bertz CT molecular complexity index is 507. The van der Waals surface area contributed by atoms with Crippen LogP contribution in [0, 0.1) is 17.5 Å². The van der Waals surface area contributed by atoms with Gasteiger partial charge in [0.05, 0.1) is 18.1 Å². The maximum atomic E-state index is 13.2. The summed E-state index contributed by atoms with van der Waals surface area (Å²) in [6.45, 7) is 0. The molecule has 0 atom stereocenters. The van der Waals surface area contributed by atoms with Gasteiger partial charge in [-0.25, -0.2) is 17.9 Å². The molecule has 0 bridgehead atoms. The average molecular weight is 213 g/mol. The van der Waals surface area contributed by atoms with Crippen molar-refractivity contribution in [3.05, 3.63) is 42.0 Å². The van der Waals surface area contributed by atoms with Crippen molar-refractivity contribution >= 4 is 5.69 Å². The van der Waals surface area contributed by atoms with Gasteiger partial charge in [-0.15, -0.1) is 0 Å². The van der Waals surface area contributed by atoms with Crippen LogP contribution >= 0.6 is 0 Å². The van der Waals surface area contributed by atoms with Crippen LogP contribution in [0.1, 0.15) is 0 Å². The molecule has 15 heavy (non-hydrogen) atoms. The van der Waals surface area contributed by atoms with Crippen LogP contribution in [0.2, 0.25) is 0 Å². The normalized spacial score (nSPS) is 10.6. The molecule has 0 unspecified atom stereocenters. The van der Waals surface area contributed by atoms with Gasteiger partial charge in [-0.05, 0) is 0 Å². The standard InChI is InChI=1S/C9H6F3N3/c10-6-1-8(12)9(2-7(6)11)15-4-5(13)3-14-15/h1-4H,13H2. The summed E-state index contributed by atoms with van der Waals surface area (Å²) < 4.78 is 39.7.